The van der Waals surface area contributed by atoms with Gasteiger partial charge in [0.1, 0.15) is 0 Å². The first-order valence-electron chi connectivity index (χ1n) is 8.83. The average Bonchev–Trinajstić information content (AvgIpc) is 3.39. The Morgan fingerprint density at radius 2 is 2.18 bits per heavy atom. The molecule has 11 heteroatoms. The number of halogens is 2. The summed E-state index contributed by atoms with van der Waals surface area (Å²) in [5, 5.41) is 12.2. The molecule has 0 unspecified atom stereocenters. The molecule has 1 amide bonds. The molecule has 152 valence electrons. The molecule has 1 fully saturated rings. The van der Waals surface area contributed by atoms with Gasteiger partial charge in [-0.2, -0.15) is 8.78 Å². The average molecular weight is 413 g/mol. The highest BCUT2D eigenvalue weighted by Gasteiger charge is 2.28. The molecule has 1 aromatic heterocycles. The summed E-state index contributed by atoms with van der Waals surface area (Å²) in [6.45, 7) is -0.564. The summed E-state index contributed by atoms with van der Waals surface area (Å²) < 4.78 is 36.6. The molecule has 1 heterocycles. The molecule has 28 heavy (non-hydrogen) atoms. The SMILES string of the molecule is CCOc1cc(CN(C)C(=O)CSc2nnnn2C2CC2)ccc1OC(F)F. The lowest BCUT2D eigenvalue weighted by molar-refractivity contribution is -0.127. The van der Waals surface area contributed by atoms with Gasteiger partial charge in [-0.15, -0.1) is 5.10 Å². The van der Waals surface area contributed by atoms with Gasteiger partial charge in [0.05, 0.1) is 18.4 Å². The van der Waals surface area contributed by atoms with Crippen molar-refractivity contribution in [1.29, 1.82) is 0 Å². The third kappa shape index (κ3) is 5.31. The van der Waals surface area contributed by atoms with Gasteiger partial charge in [-0.3, -0.25) is 4.79 Å². The zero-order valence-corrected chi connectivity index (χ0v) is 16.4. The Kier molecular flexibility index (Phi) is 6.65. The van der Waals surface area contributed by atoms with E-state index in [1.165, 1.54) is 17.8 Å². The fourth-order valence-corrected chi connectivity index (χ4v) is 3.42. The Morgan fingerprint density at radius 3 is 2.86 bits per heavy atom. The van der Waals surface area contributed by atoms with E-state index >= 15 is 0 Å². The van der Waals surface area contributed by atoms with Crippen LogP contribution in [-0.2, 0) is 11.3 Å². The number of alkyl halides is 2. The maximum atomic E-state index is 12.5. The van der Waals surface area contributed by atoms with Gasteiger partial charge in [-0.1, -0.05) is 17.8 Å². The summed E-state index contributed by atoms with van der Waals surface area (Å²) in [7, 11) is 1.68. The van der Waals surface area contributed by atoms with Crippen LogP contribution in [0.15, 0.2) is 23.4 Å². The van der Waals surface area contributed by atoms with Gasteiger partial charge >= 0.3 is 6.61 Å². The van der Waals surface area contributed by atoms with E-state index in [4.69, 9.17) is 4.74 Å². The van der Waals surface area contributed by atoms with Gasteiger partial charge in [0.2, 0.25) is 11.1 Å². The van der Waals surface area contributed by atoms with Crippen LogP contribution >= 0.6 is 11.8 Å². The molecule has 3 rings (SSSR count). The number of hydrogen-bond acceptors (Lipinski definition) is 7. The molecule has 0 radical (unpaired) electrons. The first-order chi connectivity index (χ1) is 13.5. The van der Waals surface area contributed by atoms with Gasteiger partial charge < -0.3 is 14.4 Å². The predicted octanol–water partition coefficient (Wildman–Crippen LogP) is 2.76. The van der Waals surface area contributed by atoms with E-state index < -0.39 is 6.61 Å². The van der Waals surface area contributed by atoms with E-state index in [-0.39, 0.29) is 23.2 Å². The zero-order valence-electron chi connectivity index (χ0n) is 15.5. The second-order valence-electron chi connectivity index (χ2n) is 6.27. The summed E-state index contributed by atoms with van der Waals surface area (Å²) in [6.07, 6.45) is 2.11. The Bertz CT molecular complexity index is 816. The quantitative estimate of drug-likeness (QED) is 0.554. The Morgan fingerprint density at radius 1 is 1.39 bits per heavy atom. The van der Waals surface area contributed by atoms with Crippen molar-refractivity contribution in [2.24, 2.45) is 0 Å². The van der Waals surface area contributed by atoms with Crippen molar-refractivity contribution >= 4 is 17.7 Å². The van der Waals surface area contributed by atoms with E-state index in [2.05, 4.69) is 20.3 Å². The van der Waals surface area contributed by atoms with Crippen molar-refractivity contribution in [2.75, 3.05) is 19.4 Å². The van der Waals surface area contributed by atoms with E-state index in [0.717, 1.165) is 18.4 Å². The first kappa shape index (κ1) is 20.3. The molecule has 0 aliphatic heterocycles. The van der Waals surface area contributed by atoms with E-state index in [0.29, 0.717) is 24.3 Å². The van der Waals surface area contributed by atoms with E-state index in [1.54, 1.807) is 35.7 Å². The number of carbonyl (C=O) groups is 1. The molecule has 0 spiro atoms. The van der Waals surface area contributed by atoms with Crippen LogP contribution in [0.3, 0.4) is 0 Å². The van der Waals surface area contributed by atoms with E-state index in [9.17, 15) is 13.6 Å². The van der Waals surface area contributed by atoms with Crippen molar-refractivity contribution in [3.8, 4) is 11.5 Å². The Hall–Kier alpha value is -2.43. The fourth-order valence-electron chi connectivity index (χ4n) is 2.54. The standard InChI is InChI=1S/C17H21F2N5O3S/c1-3-26-14-8-11(4-7-13(14)27-16(18)19)9-23(2)15(25)10-28-17-20-21-22-24(17)12-5-6-12/h4,7-8,12,16H,3,5-6,9-10H2,1-2H3. The van der Waals surface area contributed by atoms with Gasteiger partial charge in [0, 0.05) is 13.6 Å². The maximum absolute atomic E-state index is 12.5. The Balaban J connectivity index is 1.58. The maximum Gasteiger partial charge on any atom is 0.387 e. The molecular weight excluding hydrogens is 392 g/mol. The van der Waals surface area contributed by atoms with Crippen LogP contribution in [0.1, 0.15) is 31.4 Å². The van der Waals surface area contributed by atoms with Crippen molar-refractivity contribution in [2.45, 2.75) is 44.1 Å². The van der Waals surface area contributed by atoms with Crippen LogP contribution < -0.4 is 9.47 Å². The number of hydrogen-bond donors (Lipinski definition) is 0. The van der Waals surface area contributed by atoms with Crippen LogP contribution in [0.4, 0.5) is 8.78 Å². The smallest absolute Gasteiger partial charge is 0.387 e. The zero-order chi connectivity index (χ0) is 20.1. The minimum absolute atomic E-state index is 0.0305. The summed E-state index contributed by atoms with van der Waals surface area (Å²) in [4.78, 5) is 14.0. The second kappa shape index (κ2) is 9.18. The van der Waals surface area contributed by atoms with Gasteiger partial charge in [-0.05, 0) is 47.9 Å². The summed E-state index contributed by atoms with van der Waals surface area (Å²) >= 11 is 1.30. The van der Waals surface area contributed by atoms with Crippen LogP contribution in [0.2, 0.25) is 0 Å². The lowest BCUT2D eigenvalue weighted by atomic mass is 10.2. The number of ether oxygens (including phenoxy) is 2. The molecule has 1 saturated carbocycles. The molecule has 2 aromatic rings. The molecule has 1 aromatic carbocycles. The van der Waals surface area contributed by atoms with Crippen molar-refractivity contribution in [1.82, 2.24) is 25.1 Å². The summed E-state index contributed by atoms with van der Waals surface area (Å²) in [5.74, 6) is 0.298. The molecule has 0 N–H and O–H groups in total. The number of benzene rings is 1. The van der Waals surface area contributed by atoms with Crippen molar-refractivity contribution < 1.29 is 23.0 Å². The number of carbonyl (C=O) groups excluding carboxylic acids is 1. The highest BCUT2D eigenvalue weighted by Crippen LogP contribution is 2.36. The molecular formula is C17H21F2N5O3S. The highest BCUT2D eigenvalue weighted by atomic mass is 32.2. The van der Waals surface area contributed by atoms with Gasteiger partial charge in [0.15, 0.2) is 11.5 Å². The molecule has 8 nitrogen and oxygen atoms in total. The van der Waals surface area contributed by atoms with Crippen LogP contribution in [0.5, 0.6) is 11.5 Å². The molecule has 0 saturated heterocycles. The largest absolute Gasteiger partial charge is 0.490 e. The summed E-state index contributed by atoms with van der Waals surface area (Å²) in [6, 6.07) is 5.00. The topological polar surface area (TPSA) is 82.4 Å². The first-order valence-corrected chi connectivity index (χ1v) is 9.81. The van der Waals surface area contributed by atoms with E-state index in [1.807, 2.05) is 0 Å². The molecule has 0 atom stereocenters. The third-order valence-electron chi connectivity index (χ3n) is 4.05. The highest BCUT2D eigenvalue weighted by molar-refractivity contribution is 7.99. The molecule has 1 aliphatic rings. The van der Waals surface area contributed by atoms with Crippen LogP contribution in [0.25, 0.3) is 0 Å². The Labute approximate surface area is 165 Å². The number of aromatic nitrogens is 4. The summed E-state index contributed by atoms with van der Waals surface area (Å²) in [5.41, 5.74) is 0.744. The third-order valence-corrected chi connectivity index (χ3v) is 4.97. The number of rotatable bonds is 10. The number of nitrogens with zero attached hydrogens (tertiary/aromatic N) is 5. The predicted molar refractivity (Wildman–Crippen MR) is 97.5 cm³/mol. The monoisotopic (exact) mass is 413 g/mol. The van der Waals surface area contributed by atoms with Crippen LogP contribution in [-0.4, -0.2) is 57.0 Å². The minimum Gasteiger partial charge on any atom is -0.490 e. The minimum atomic E-state index is -2.93. The fraction of sp³-hybridized carbons (Fsp3) is 0.529. The molecule has 1 aliphatic carbocycles. The van der Waals surface area contributed by atoms with Crippen LogP contribution in [0, 0.1) is 0 Å². The number of tetrazole rings is 1. The number of thioether (sulfide) groups is 1. The normalized spacial score (nSPS) is 13.6. The second-order valence-corrected chi connectivity index (χ2v) is 7.21. The number of amides is 1. The van der Waals surface area contributed by atoms with Gasteiger partial charge in [0.25, 0.3) is 0 Å². The van der Waals surface area contributed by atoms with Crippen molar-refractivity contribution in [3.05, 3.63) is 23.8 Å². The van der Waals surface area contributed by atoms with Crippen molar-refractivity contribution in [3.63, 3.8) is 0 Å². The lowest BCUT2D eigenvalue weighted by Crippen LogP contribution is -2.28. The lowest BCUT2D eigenvalue weighted by Gasteiger charge is -2.18. The van der Waals surface area contributed by atoms with Gasteiger partial charge in [-0.25, -0.2) is 4.68 Å². The molecule has 0 bridgehead atoms.